The van der Waals surface area contributed by atoms with E-state index in [1.54, 1.807) is 0 Å². The number of anilines is 3. The number of fused-ring (bicyclic) bond motifs is 5. The molecule has 0 bridgehead atoms. The molecule has 0 saturated carbocycles. The fraction of sp³-hybridized carbons (Fsp3) is 0. The third kappa shape index (κ3) is 5.42. The van der Waals surface area contributed by atoms with Crippen LogP contribution in [0.3, 0.4) is 0 Å². The van der Waals surface area contributed by atoms with Crippen molar-refractivity contribution in [1.29, 1.82) is 0 Å². The van der Waals surface area contributed by atoms with E-state index < -0.39 is 0 Å². The Kier molecular flexibility index (Phi) is 7.41. The second-order valence-electron chi connectivity index (χ2n) is 13.4. The molecule has 1 nitrogen and oxygen atoms in total. The Labute approximate surface area is 307 Å². The van der Waals surface area contributed by atoms with Crippen molar-refractivity contribution < 1.29 is 0 Å². The molecule has 0 spiro atoms. The molecule has 10 aromatic rings. The van der Waals surface area contributed by atoms with Crippen LogP contribution < -0.4 is 4.90 Å². The highest BCUT2D eigenvalue weighted by Crippen LogP contribution is 2.45. The zero-order valence-corrected chi connectivity index (χ0v) is 29.2. The van der Waals surface area contributed by atoms with Crippen LogP contribution in [-0.2, 0) is 0 Å². The lowest BCUT2D eigenvalue weighted by molar-refractivity contribution is 1.31. The van der Waals surface area contributed by atoms with Gasteiger partial charge < -0.3 is 4.90 Å². The van der Waals surface area contributed by atoms with Crippen molar-refractivity contribution in [1.82, 2.24) is 0 Å². The monoisotopic (exact) mass is 679 g/mol. The summed E-state index contributed by atoms with van der Waals surface area (Å²) in [6, 6.07) is 73.0. The molecule has 0 aliphatic rings. The van der Waals surface area contributed by atoms with Gasteiger partial charge in [-0.05, 0) is 110 Å². The van der Waals surface area contributed by atoms with E-state index in [1.165, 1.54) is 80.8 Å². The van der Waals surface area contributed by atoms with E-state index in [9.17, 15) is 0 Å². The highest BCUT2D eigenvalue weighted by Gasteiger charge is 2.19. The molecule has 0 fully saturated rings. The highest BCUT2D eigenvalue weighted by molar-refractivity contribution is 7.26. The molecule has 52 heavy (non-hydrogen) atoms. The number of hydrogen-bond donors (Lipinski definition) is 0. The zero-order valence-electron chi connectivity index (χ0n) is 28.4. The Morgan fingerprint density at radius 3 is 1.60 bits per heavy atom. The Morgan fingerprint density at radius 2 is 0.827 bits per heavy atom. The van der Waals surface area contributed by atoms with Gasteiger partial charge in [0.1, 0.15) is 0 Å². The predicted octanol–water partition coefficient (Wildman–Crippen LogP) is 14.8. The van der Waals surface area contributed by atoms with Crippen LogP contribution in [0.5, 0.6) is 0 Å². The second-order valence-corrected chi connectivity index (χ2v) is 14.5. The maximum Gasteiger partial charge on any atom is 0.0554 e. The molecular formula is C50H33NS. The minimum Gasteiger partial charge on any atom is -0.310 e. The summed E-state index contributed by atoms with van der Waals surface area (Å²) < 4.78 is 2.60. The van der Waals surface area contributed by atoms with Crippen molar-refractivity contribution in [3.63, 3.8) is 0 Å². The van der Waals surface area contributed by atoms with Gasteiger partial charge in [0, 0.05) is 31.5 Å². The Bertz CT molecular complexity index is 2890. The minimum atomic E-state index is 1.13. The normalized spacial score (nSPS) is 11.5. The van der Waals surface area contributed by atoms with Crippen LogP contribution in [0, 0.1) is 0 Å². The summed E-state index contributed by atoms with van der Waals surface area (Å²) in [5.41, 5.74) is 10.7. The molecule has 0 radical (unpaired) electrons. The summed E-state index contributed by atoms with van der Waals surface area (Å²) in [7, 11) is 0. The van der Waals surface area contributed by atoms with Gasteiger partial charge in [-0.3, -0.25) is 0 Å². The van der Waals surface area contributed by atoms with Gasteiger partial charge in [-0.1, -0.05) is 146 Å². The first-order chi connectivity index (χ1) is 25.7. The molecule has 10 rings (SSSR count). The van der Waals surface area contributed by atoms with Gasteiger partial charge in [-0.15, -0.1) is 11.3 Å². The van der Waals surface area contributed by atoms with Crippen molar-refractivity contribution in [3.8, 4) is 33.4 Å². The zero-order chi connectivity index (χ0) is 34.4. The fourth-order valence-corrected chi connectivity index (χ4v) is 8.71. The number of nitrogens with zero attached hydrogens (tertiary/aromatic N) is 1. The van der Waals surface area contributed by atoms with E-state index in [0.29, 0.717) is 0 Å². The maximum absolute atomic E-state index is 2.43. The summed E-state index contributed by atoms with van der Waals surface area (Å²) in [6.07, 6.45) is 0. The molecule has 244 valence electrons. The van der Waals surface area contributed by atoms with E-state index in [2.05, 4.69) is 205 Å². The standard InChI is InChI=1S/C50H33NS/c1-2-9-34(10-3-1)36-25-28-44(29-26-36)51(47-14-8-16-49-50(47)46-13-6-7-15-48(46)52-49)45-30-27-39-22-24-42(32-43(39)33-45)38-19-17-37(18-20-38)41-23-21-35-11-4-5-12-40(35)31-41/h1-33H. The first kappa shape index (κ1) is 30.4. The van der Waals surface area contributed by atoms with Crippen molar-refractivity contribution >= 4 is 70.1 Å². The van der Waals surface area contributed by atoms with Crippen molar-refractivity contribution in [2.24, 2.45) is 0 Å². The maximum atomic E-state index is 2.43. The second kappa shape index (κ2) is 12.7. The summed E-state index contributed by atoms with van der Waals surface area (Å²) >= 11 is 1.86. The number of hydrogen-bond acceptors (Lipinski definition) is 2. The SMILES string of the molecule is c1ccc(-c2ccc(N(c3ccc4ccc(-c5ccc(-c6ccc7ccccc7c6)cc5)cc4c3)c3cccc4sc5ccccc5c34)cc2)cc1. The first-order valence-electron chi connectivity index (χ1n) is 17.7. The van der Waals surface area contributed by atoms with Crippen LogP contribution >= 0.6 is 11.3 Å². The molecule has 0 unspecified atom stereocenters. The molecular weight excluding hydrogens is 647 g/mol. The quantitative estimate of drug-likeness (QED) is 0.169. The van der Waals surface area contributed by atoms with Crippen LogP contribution in [-0.4, -0.2) is 0 Å². The first-order valence-corrected chi connectivity index (χ1v) is 18.6. The van der Waals surface area contributed by atoms with E-state index in [1.807, 2.05) is 11.3 Å². The Hall–Kier alpha value is -6.48. The van der Waals surface area contributed by atoms with Crippen LogP contribution in [0.1, 0.15) is 0 Å². The highest BCUT2D eigenvalue weighted by atomic mass is 32.1. The molecule has 0 atom stereocenters. The lowest BCUT2D eigenvalue weighted by Gasteiger charge is -2.27. The van der Waals surface area contributed by atoms with Crippen molar-refractivity contribution in [3.05, 3.63) is 200 Å². The lowest BCUT2D eigenvalue weighted by atomic mass is 9.97. The van der Waals surface area contributed by atoms with E-state index >= 15 is 0 Å². The minimum absolute atomic E-state index is 1.13. The third-order valence-electron chi connectivity index (χ3n) is 10.2. The molecule has 0 N–H and O–H groups in total. The Balaban J connectivity index is 1.07. The molecule has 0 saturated heterocycles. The van der Waals surface area contributed by atoms with Gasteiger partial charge in [0.2, 0.25) is 0 Å². The smallest absolute Gasteiger partial charge is 0.0554 e. The predicted molar refractivity (Wildman–Crippen MR) is 225 cm³/mol. The molecule has 1 aromatic heterocycles. The van der Waals surface area contributed by atoms with Gasteiger partial charge in [-0.2, -0.15) is 0 Å². The van der Waals surface area contributed by atoms with Crippen LogP contribution in [0.25, 0.3) is 75.1 Å². The summed E-state index contributed by atoms with van der Waals surface area (Å²) in [5.74, 6) is 0. The molecule has 0 aliphatic heterocycles. The average molecular weight is 680 g/mol. The van der Waals surface area contributed by atoms with E-state index in [0.717, 1.165) is 11.4 Å². The van der Waals surface area contributed by atoms with Crippen LogP contribution in [0.2, 0.25) is 0 Å². The van der Waals surface area contributed by atoms with Gasteiger partial charge in [0.15, 0.2) is 0 Å². The van der Waals surface area contributed by atoms with Crippen LogP contribution in [0.15, 0.2) is 200 Å². The van der Waals surface area contributed by atoms with Gasteiger partial charge >= 0.3 is 0 Å². The topological polar surface area (TPSA) is 3.24 Å². The van der Waals surface area contributed by atoms with Gasteiger partial charge in [-0.25, -0.2) is 0 Å². The van der Waals surface area contributed by atoms with E-state index in [4.69, 9.17) is 0 Å². The third-order valence-corrected chi connectivity index (χ3v) is 11.4. The number of thiophene rings is 1. The fourth-order valence-electron chi connectivity index (χ4n) is 7.58. The molecule has 9 aromatic carbocycles. The molecule has 0 aliphatic carbocycles. The Morgan fingerprint density at radius 1 is 0.308 bits per heavy atom. The molecule has 1 heterocycles. The largest absolute Gasteiger partial charge is 0.310 e. The van der Waals surface area contributed by atoms with Crippen LogP contribution in [0.4, 0.5) is 17.1 Å². The number of benzene rings is 9. The number of rotatable bonds is 6. The summed E-state index contributed by atoms with van der Waals surface area (Å²) in [6.45, 7) is 0. The lowest BCUT2D eigenvalue weighted by Crippen LogP contribution is -2.10. The van der Waals surface area contributed by atoms with Crippen molar-refractivity contribution in [2.45, 2.75) is 0 Å². The van der Waals surface area contributed by atoms with Gasteiger partial charge in [0.05, 0.1) is 5.69 Å². The average Bonchev–Trinajstić information content (AvgIpc) is 3.61. The van der Waals surface area contributed by atoms with Crippen molar-refractivity contribution in [2.75, 3.05) is 4.90 Å². The van der Waals surface area contributed by atoms with Gasteiger partial charge in [0.25, 0.3) is 0 Å². The van der Waals surface area contributed by atoms with E-state index in [-0.39, 0.29) is 0 Å². The molecule has 0 amide bonds. The summed E-state index contributed by atoms with van der Waals surface area (Å²) in [4.78, 5) is 2.43. The summed E-state index contributed by atoms with van der Waals surface area (Å²) in [5, 5.41) is 7.54. The molecule has 2 heteroatoms.